The highest BCUT2D eigenvalue weighted by Crippen LogP contribution is 2.30. The van der Waals surface area contributed by atoms with Crippen LogP contribution >= 0.6 is 0 Å². The maximum absolute atomic E-state index is 7.25. The molecule has 0 spiro atoms. The summed E-state index contributed by atoms with van der Waals surface area (Å²) in [6.07, 6.45) is 0. The largest absolute Gasteiger partial charge is 0.479 e. The van der Waals surface area contributed by atoms with Gasteiger partial charge in [0, 0.05) is 20.1 Å². The lowest BCUT2D eigenvalue weighted by molar-refractivity contribution is 0.399. The van der Waals surface area contributed by atoms with Gasteiger partial charge in [-0.15, -0.1) is 0 Å². The average Bonchev–Trinajstić information content (AvgIpc) is 2.35. The normalized spacial score (nSPS) is 10.4. The third kappa shape index (κ3) is 4.16. The van der Waals surface area contributed by atoms with Crippen molar-refractivity contribution in [1.82, 2.24) is 9.88 Å². The van der Waals surface area contributed by atoms with Gasteiger partial charge in [-0.2, -0.15) is 4.98 Å². The molecule has 20 heavy (non-hydrogen) atoms. The fourth-order valence-corrected chi connectivity index (χ4v) is 1.65. The van der Waals surface area contributed by atoms with Crippen molar-refractivity contribution < 1.29 is 4.74 Å². The Hall–Kier alpha value is -2.22. The number of hydrogen-bond donors (Lipinski definition) is 4. The zero-order chi connectivity index (χ0) is 15.3. The molecule has 0 atom stereocenters. The lowest BCUT2D eigenvalue weighted by atomic mass is 10.3. The number of nitrogen functional groups attached to an aromatic ring is 1. The SMILES string of the molecule is COc1nc(N(C)CCN(C)C)c(N)cc1NC(=N)N. The summed E-state index contributed by atoms with van der Waals surface area (Å²) in [7, 11) is 7.43. The first kappa shape index (κ1) is 15.8. The molecule has 0 aliphatic heterocycles. The van der Waals surface area contributed by atoms with E-state index in [1.54, 1.807) is 6.07 Å². The molecule has 1 heterocycles. The lowest BCUT2D eigenvalue weighted by Gasteiger charge is -2.23. The summed E-state index contributed by atoms with van der Waals surface area (Å²) < 4.78 is 5.20. The third-order valence-corrected chi connectivity index (χ3v) is 2.70. The van der Waals surface area contributed by atoms with E-state index < -0.39 is 0 Å². The van der Waals surface area contributed by atoms with Crippen molar-refractivity contribution in [2.45, 2.75) is 0 Å². The van der Waals surface area contributed by atoms with Gasteiger partial charge in [-0.1, -0.05) is 0 Å². The van der Waals surface area contributed by atoms with Gasteiger partial charge in [0.2, 0.25) is 5.88 Å². The summed E-state index contributed by atoms with van der Waals surface area (Å²) >= 11 is 0. The Bertz CT molecular complexity index is 475. The van der Waals surface area contributed by atoms with Crippen LogP contribution in [0.4, 0.5) is 17.2 Å². The Morgan fingerprint density at radius 1 is 1.40 bits per heavy atom. The Morgan fingerprint density at radius 3 is 2.55 bits per heavy atom. The van der Waals surface area contributed by atoms with Gasteiger partial charge < -0.3 is 31.3 Å². The van der Waals surface area contributed by atoms with Crippen LogP contribution in [-0.2, 0) is 0 Å². The smallest absolute Gasteiger partial charge is 0.239 e. The quantitative estimate of drug-likeness (QED) is 0.427. The fraction of sp³-hybridized carbons (Fsp3) is 0.500. The number of pyridine rings is 1. The van der Waals surface area contributed by atoms with Gasteiger partial charge in [0.25, 0.3) is 0 Å². The first-order chi connectivity index (χ1) is 9.35. The number of methoxy groups -OCH3 is 1. The minimum atomic E-state index is -0.196. The molecule has 0 amide bonds. The number of nitrogens with zero attached hydrogens (tertiary/aromatic N) is 3. The fourth-order valence-electron chi connectivity index (χ4n) is 1.65. The van der Waals surface area contributed by atoms with Gasteiger partial charge >= 0.3 is 0 Å². The van der Waals surface area contributed by atoms with Crippen molar-refractivity contribution in [2.24, 2.45) is 5.73 Å². The van der Waals surface area contributed by atoms with E-state index in [4.69, 9.17) is 21.6 Å². The van der Waals surface area contributed by atoms with E-state index in [2.05, 4.69) is 15.2 Å². The molecule has 8 nitrogen and oxygen atoms in total. The zero-order valence-electron chi connectivity index (χ0n) is 12.4. The Kier molecular flexibility index (Phi) is 5.39. The van der Waals surface area contributed by atoms with Crippen molar-refractivity contribution in [1.29, 1.82) is 5.41 Å². The molecule has 1 rings (SSSR count). The maximum atomic E-state index is 7.25. The van der Waals surface area contributed by atoms with E-state index in [1.807, 2.05) is 26.0 Å². The predicted octanol–water partition coefficient (Wildman–Crippen LogP) is -0.0244. The Labute approximate surface area is 119 Å². The Morgan fingerprint density at radius 2 is 2.05 bits per heavy atom. The molecular weight excluding hydrogens is 258 g/mol. The maximum Gasteiger partial charge on any atom is 0.239 e. The summed E-state index contributed by atoms with van der Waals surface area (Å²) in [6, 6.07) is 1.66. The third-order valence-electron chi connectivity index (χ3n) is 2.70. The molecule has 6 N–H and O–H groups in total. The number of anilines is 3. The van der Waals surface area contributed by atoms with Crippen LogP contribution in [0.1, 0.15) is 0 Å². The second-order valence-corrected chi connectivity index (χ2v) is 4.72. The van der Waals surface area contributed by atoms with E-state index in [0.717, 1.165) is 13.1 Å². The zero-order valence-corrected chi connectivity index (χ0v) is 12.4. The van der Waals surface area contributed by atoms with Crippen LogP contribution in [0.5, 0.6) is 5.88 Å². The standard InChI is InChI=1S/C12H23N7O/c1-18(2)5-6-19(3)10-8(13)7-9(16-12(14)15)11(17-10)20-4/h7H,5-6,13H2,1-4H3,(H4,14,15,16). The molecule has 0 saturated carbocycles. The molecule has 0 aromatic carbocycles. The highest BCUT2D eigenvalue weighted by molar-refractivity contribution is 5.92. The van der Waals surface area contributed by atoms with Crippen molar-refractivity contribution in [3.8, 4) is 5.88 Å². The van der Waals surface area contributed by atoms with Crippen LogP contribution in [-0.4, -0.2) is 57.2 Å². The number of aromatic nitrogens is 1. The summed E-state index contributed by atoms with van der Waals surface area (Å²) in [5, 5.41) is 9.90. The minimum absolute atomic E-state index is 0.196. The van der Waals surface area contributed by atoms with E-state index in [1.165, 1.54) is 7.11 Å². The molecule has 8 heteroatoms. The van der Waals surface area contributed by atoms with E-state index in [9.17, 15) is 0 Å². The van der Waals surface area contributed by atoms with E-state index >= 15 is 0 Å². The van der Waals surface area contributed by atoms with Gasteiger partial charge in [0.05, 0.1) is 12.8 Å². The number of rotatable bonds is 6. The van der Waals surface area contributed by atoms with E-state index in [-0.39, 0.29) is 5.96 Å². The molecule has 0 aliphatic carbocycles. The molecule has 0 aliphatic rings. The van der Waals surface area contributed by atoms with Crippen molar-refractivity contribution in [3.63, 3.8) is 0 Å². The molecule has 112 valence electrons. The minimum Gasteiger partial charge on any atom is -0.479 e. The molecular formula is C12H23N7O. The van der Waals surface area contributed by atoms with Crippen molar-refractivity contribution >= 4 is 23.2 Å². The van der Waals surface area contributed by atoms with E-state index in [0.29, 0.717) is 23.1 Å². The first-order valence-electron chi connectivity index (χ1n) is 6.16. The number of hydrogen-bond acceptors (Lipinski definition) is 6. The molecule has 0 saturated heterocycles. The molecule has 1 aromatic rings. The van der Waals surface area contributed by atoms with Crippen LogP contribution in [0.2, 0.25) is 0 Å². The predicted molar refractivity (Wildman–Crippen MR) is 82.6 cm³/mol. The number of likely N-dealkylation sites (N-methyl/N-ethyl adjacent to an activating group) is 2. The molecule has 0 radical (unpaired) electrons. The number of nitrogens with two attached hydrogens (primary N) is 2. The highest BCUT2D eigenvalue weighted by Gasteiger charge is 2.14. The Balaban J connectivity index is 3.00. The van der Waals surface area contributed by atoms with Crippen LogP contribution in [0.15, 0.2) is 6.07 Å². The molecule has 0 fully saturated rings. The molecule has 1 aromatic heterocycles. The summed E-state index contributed by atoms with van der Waals surface area (Å²) in [5.41, 5.74) is 12.3. The summed E-state index contributed by atoms with van der Waals surface area (Å²) in [5.74, 6) is 0.789. The van der Waals surface area contributed by atoms with Crippen molar-refractivity contribution in [3.05, 3.63) is 6.07 Å². The summed E-state index contributed by atoms with van der Waals surface area (Å²) in [6.45, 7) is 1.67. The molecule has 0 bridgehead atoms. The van der Waals surface area contributed by atoms with Crippen LogP contribution in [0, 0.1) is 5.41 Å². The van der Waals surface area contributed by atoms with Crippen molar-refractivity contribution in [2.75, 3.05) is 57.3 Å². The van der Waals surface area contributed by atoms with Crippen LogP contribution in [0.3, 0.4) is 0 Å². The van der Waals surface area contributed by atoms with Gasteiger partial charge in [0.15, 0.2) is 11.8 Å². The summed E-state index contributed by atoms with van der Waals surface area (Å²) in [4.78, 5) is 8.40. The topological polar surface area (TPSA) is 117 Å². The first-order valence-corrected chi connectivity index (χ1v) is 6.16. The van der Waals surface area contributed by atoms with Gasteiger partial charge in [-0.25, -0.2) is 0 Å². The number of ether oxygens (including phenoxy) is 1. The average molecular weight is 281 g/mol. The number of guanidine groups is 1. The number of nitrogens with one attached hydrogen (secondary N) is 2. The second kappa shape index (κ2) is 6.80. The van der Waals surface area contributed by atoms with Gasteiger partial charge in [-0.05, 0) is 20.2 Å². The second-order valence-electron chi connectivity index (χ2n) is 4.72. The van der Waals surface area contributed by atoms with Gasteiger partial charge in [-0.3, -0.25) is 5.41 Å². The lowest BCUT2D eigenvalue weighted by Crippen LogP contribution is -2.30. The van der Waals surface area contributed by atoms with Crippen LogP contribution in [0.25, 0.3) is 0 Å². The highest BCUT2D eigenvalue weighted by atomic mass is 16.5. The van der Waals surface area contributed by atoms with Gasteiger partial charge in [0.1, 0.15) is 5.69 Å². The molecule has 0 unspecified atom stereocenters. The monoisotopic (exact) mass is 281 g/mol. The van der Waals surface area contributed by atoms with Crippen LogP contribution < -0.4 is 26.4 Å².